The van der Waals surface area contributed by atoms with E-state index in [1.807, 2.05) is 27.7 Å². The molecule has 0 aromatic rings. The third-order valence-corrected chi connectivity index (χ3v) is 5.59. The molecule has 7 unspecified atom stereocenters. The Morgan fingerprint density at radius 1 is 0.808 bits per heavy atom. The monoisotopic (exact) mass is 372 g/mol. The Morgan fingerprint density at radius 2 is 1.27 bits per heavy atom. The van der Waals surface area contributed by atoms with Crippen molar-refractivity contribution >= 4 is 5.78 Å². The number of hydrogen-bond donors (Lipinski definition) is 0. The average molecular weight is 372 g/mol. The summed E-state index contributed by atoms with van der Waals surface area (Å²) >= 11 is 0. The molecule has 7 heteroatoms. The van der Waals surface area contributed by atoms with Gasteiger partial charge in [-0.15, -0.1) is 0 Å². The second-order valence-electron chi connectivity index (χ2n) is 8.09. The Morgan fingerprint density at radius 3 is 1.69 bits per heavy atom. The molecular weight excluding hydrogens is 340 g/mol. The van der Waals surface area contributed by atoms with Gasteiger partial charge in [-0.05, 0) is 40.5 Å². The van der Waals surface area contributed by atoms with Gasteiger partial charge in [0.25, 0.3) is 0 Å². The minimum absolute atomic E-state index is 0.0259. The van der Waals surface area contributed by atoms with Crippen LogP contribution in [0, 0.1) is 0 Å². The van der Waals surface area contributed by atoms with E-state index in [0.29, 0.717) is 19.6 Å². The van der Waals surface area contributed by atoms with Gasteiger partial charge in [-0.1, -0.05) is 13.8 Å². The molecule has 0 bridgehead atoms. The third-order valence-electron chi connectivity index (χ3n) is 5.59. The Kier molecular flexibility index (Phi) is 5.52. The van der Waals surface area contributed by atoms with Gasteiger partial charge in [0, 0.05) is 0 Å². The molecule has 0 spiro atoms. The van der Waals surface area contributed by atoms with E-state index in [-0.39, 0.29) is 36.6 Å². The Labute approximate surface area is 155 Å². The zero-order valence-corrected chi connectivity index (χ0v) is 16.7. The normalized spacial score (nSPS) is 49.0. The molecule has 3 saturated heterocycles. The van der Waals surface area contributed by atoms with Crippen LogP contribution < -0.4 is 0 Å². The molecule has 3 aliphatic heterocycles. The number of ether oxygens (including phenoxy) is 6. The van der Waals surface area contributed by atoms with E-state index in [9.17, 15) is 4.79 Å². The van der Waals surface area contributed by atoms with E-state index in [4.69, 9.17) is 28.4 Å². The van der Waals surface area contributed by atoms with E-state index in [2.05, 4.69) is 0 Å². The van der Waals surface area contributed by atoms with Crippen molar-refractivity contribution in [3.63, 3.8) is 0 Å². The molecule has 7 atom stereocenters. The van der Waals surface area contributed by atoms with Crippen molar-refractivity contribution in [3.05, 3.63) is 0 Å². The summed E-state index contributed by atoms with van der Waals surface area (Å²) in [4.78, 5) is 11.5. The highest BCUT2D eigenvalue weighted by atomic mass is 16.8. The van der Waals surface area contributed by atoms with Gasteiger partial charge >= 0.3 is 0 Å². The molecule has 0 aliphatic carbocycles. The minimum Gasteiger partial charge on any atom is -0.347 e. The SMILES string of the molecule is CCC1(C)OCC(C2OC(C)(CC)OC2C2COC(C)(CC(C)=O)O2)O1. The summed E-state index contributed by atoms with van der Waals surface area (Å²) in [7, 11) is 0. The maximum Gasteiger partial charge on any atom is 0.173 e. The summed E-state index contributed by atoms with van der Waals surface area (Å²) in [5, 5.41) is 0. The van der Waals surface area contributed by atoms with Crippen LogP contribution in [0.3, 0.4) is 0 Å². The van der Waals surface area contributed by atoms with Gasteiger partial charge in [-0.3, -0.25) is 4.79 Å². The molecule has 150 valence electrons. The summed E-state index contributed by atoms with van der Waals surface area (Å²) in [6.07, 6.45) is 0.451. The van der Waals surface area contributed by atoms with Gasteiger partial charge in [0.05, 0.1) is 19.6 Å². The highest BCUT2D eigenvalue weighted by Crippen LogP contribution is 2.42. The number of rotatable bonds is 6. The lowest BCUT2D eigenvalue weighted by atomic mass is 10.0. The van der Waals surface area contributed by atoms with Gasteiger partial charge in [0.15, 0.2) is 17.4 Å². The van der Waals surface area contributed by atoms with Gasteiger partial charge in [-0.2, -0.15) is 0 Å². The number of carbonyl (C=O) groups is 1. The Bertz CT molecular complexity index is 540. The van der Waals surface area contributed by atoms with Crippen LogP contribution in [-0.2, 0) is 33.2 Å². The first-order valence-corrected chi connectivity index (χ1v) is 9.59. The maximum atomic E-state index is 11.5. The second-order valence-corrected chi connectivity index (χ2v) is 8.09. The molecular formula is C19H32O7. The molecule has 0 amide bonds. The van der Waals surface area contributed by atoms with E-state index in [1.165, 1.54) is 6.92 Å². The lowest BCUT2D eigenvalue weighted by Crippen LogP contribution is -2.45. The molecule has 0 aromatic carbocycles. The summed E-state index contributed by atoms with van der Waals surface area (Å²) in [6, 6.07) is 0. The van der Waals surface area contributed by atoms with E-state index in [1.54, 1.807) is 6.92 Å². The summed E-state index contributed by atoms with van der Waals surface area (Å²) in [5.41, 5.74) is 0. The topological polar surface area (TPSA) is 72.5 Å². The maximum absolute atomic E-state index is 11.5. The summed E-state index contributed by atoms with van der Waals surface area (Å²) < 4.78 is 36.4. The summed E-state index contributed by atoms with van der Waals surface area (Å²) in [5.74, 6) is -2.19. The molecule has 0 N–H and O–H groups in total. The van der Waals surface area contributed by atoms with Crippen LogP contribution in [0.2, 0.25) is 0 Å². The van der Waals surface area contributed by atoms with Crippen LogP contribution >= 0.6 is 0 Å². The Hall–Kier alpha value is -0.570. The fraction of sp³-hybridized carbons (Fsp3) is 0.947. The average Bonchev–Trinajstić information content (AvgIpc) is 3.23. The quantitative estimate of drug-likeness (QED) is 0.709. The van der Waals surface area contributed by atoms with Crippen molar-refractivity contribution < 1.29 is 33.2 Å². The molecule has 3 aliphatic rings. The fourth-order valence-electron chi connectivity index (χ4n) is 3.83. The Balaban J connectivity index is 1.75. The van der Waals surface area contributed by atoms with Gasteiger partial charge in [0.2, 0.25) is 0 Å². The minimum atomic E-state index is -0.916. The van der Waals surface area contributed by atoms with Gasteiger partial charge in [-0.25, -0.2) is 0 Å². The van der Waals surface area contributed by atoms with Gasteiger partial charge < -0.3 is 28.4 Å². The van der Waals surface area contributed by atoms with Crippen LogP contribution in [0.5, 0.6) is 0 Å². The second kappa shape index (κ2) is 7.11. The van der Waals surface area contributed by atoms with E-state index >= 15 is 0 Å². The number of hydrogen-bond acceptors (Lipinski definition) is 7. The standard InChI is InChI=1S/C19H32O7/c1-7-17(4)21-10-13(23-17)15-16(26-18(5,8-2)25-15)14-11-22-19(6,24-14)9-12(3)20/h13-16H,7-11H2,1-6H3. The highest BCUT2D eigenvalue weighted by molar-refractivity contribution is 5.76. The zero-order chi connectivity index (χ0) is 19.2. The highest BCUT2D eigenvalue weighted by Gasteiger charge is 2.56. The molecule has 3 rings (SSSR count). The third kappa shape index (κ3) is 3.98. The van der Waals surface area contributed by atoms with Crippen LogP contribution in [0.25, 0.3) is 0 Å². The zero-order valence-electron chi connectivity index (χ0n) is 16.7. The molecule has 0 saturated carbocycles. The molecule has 3 fully saturated rings. The smallest absolute Gasteiger partial charge is 0.173 e. The summed E-state index contributed by atoms with van der Waals surface area (Å²) in [6.45, 7) is 12.1. The predicted octanol–water partition coefficient (Wildman–Crippen LogP) is 2.55. The van der Waals surface area contributed by atoms with Crippen LogP contribution in [0.4, 0.5) is 0 Å². The van der Waals surface area contributed by atoms with Crippen LogP contribution in [0.1, 0.15) is 60.8 Å². The first kappa shape index (κ1) is 20.2. The number of ketones is 1. The fourth-order valence-corrected chi connectivity index (χ4v) is 3.83. The number of Topliss-reactive ketones (excluding diaryl/α,β-unsaturated/α-hetero) is 1. The first-order valence-electron chi connectivity index (χ1n) is 9.59. The predicted molar refractivity (Wildman–Crippen MR) is 92.5 cm³/mol. The van der Waals surface area contributed by atoms with Crippen molar-refractivity contribution in [2.24, 2.45) is 0 Å². The van der Waals surface area contributed by atoms with E-state index < -0.39 is 17.4 Å². The largest absolute Gasteiger partial charge is 0.347 e. The van der Waals surface area contributed by atoms with Crippen molar-refractivity contribution in [3.8, 4) is 0 Å². The molecule has 7 nitrogen and oxygen atoms in total. The molecule has 0 radical (unpaired) electrons. The lowest BCUT2D eigenvalue weighted by Gasteiger charge is -2.28. The van der Waals surface area contributed by atoms with Crippen LogP contribution in [0.15, 0.2) is 0 Å². The number of carbonyl (C=O) groups excluding carboxylic acids is 1. The van der Waals surface area contributed by atoms with Crippen molar-refractivity contribution in [2.75, 3.05) is 13.2 Å². The van der Waals surface area contributed by atoms with Crippen molar-refractivity contribution in [1.82, 2.24) is 0 Å². The van der Waals surface area contributed by atoms with Gasteiger partial charge in [0.1, 0.15) is 30.2 Å². The van der Waals surface area contributed by atoms with E-state index in [0.717, 1.165) is 6.42 Å². The first-order chi connectivity index (χ1) is 12.1. The molecule has 0 aromatic heterocycles. The van der Waals surface area contributed by atoms with Crippen LogP contribution in [-0.4, -0.2) is 60.8 Å². The van der Waals surface area contributed by atoms with Crippen molar-refractivity contribution in [2.45, 2.75) is 103 Å². The molecule has 26 heavy (non-hydrogen) atoms. The van der Waals surface area contributed by atoms with Crippen molar-refractivity contribution in [1.29, 1.82) is 0 Å². The lowest BCUT2D eigenvalue weighted by molar-refractivity contribution is -0.194. The molecule has 3 heterocycles.